The fourth-order valence-electron chi connectivity index (χ4n) is 1.74. The summed E-state index contributed by atoms with van der Waals surface area (Å²) in [5.41, 5.74) is 6.12. The molecule has 1 amide bonds. The fraction of sp³-hybridized carbons (Fsp3) is 0.615. The summed E-state index contributed by atoms with van der Waals surface area (Å²) in [6.07, 6.45) is 2.35. The molecule has 0 aliphatic rings. The summed E-state index contributed by atoms with van der Waals surface area (Å²) in [6, 6.07) is 1.78. The minimum Gasteiger partial charge on any atom is -0.469 e. The SMILES string of the molecule is Cc1cc(C(=O)N(CCCN)CC(C)C)co1. The van der Waals surface area contributed by atoms with Crippen molar-refractivity contribution in [2.24, 2.45) is 11.7 Å². The normalized spacial score (nSPS) is 10.9. The van der Waals surface area contributed by atoms with E-state index in [9.17, 15) is 4.79 Å². The molecule has 4 heteroatoms. The average Bonchev–Trinajstić information content (AvgIpc) is 2.69. The Hall–Kier alpha value is -1.29. The molecule has 0 bridgehead atoms. The van der Waals surface area contributed by atoms with E-state index in [1.165, 1.54) is 6.26 Å². The number of rotatable bonds is 6. The quantitative estimate of drug-likeness (QED) is 0.825. The molecule has 96 valence electrons. The summed E-state index contributed by atoms with van der Waals surface area (Å²) in [5.74, 6) is 1.24. The molecule has 0 atom stereocenters. The van der Waals surface area contributed by atoms with E-state index in [1.54, 1.807) is 6.07 Å². The summed E-state index contributed by atoms with van der Waals surface area (Å²) < 4.78 is 5.17. The molecule has 0 fully saturated rings. The maximum Gasteiger partial charge on any atom is 0.257 e. The summed E-state index contributed by atoms with van der Waals surface area (Å²) in [7, 11) is 0. The molecular formula is C13H22N2O2. The topological polar surface area (TPSA) is 59.5 Å². The van der Waals surface area contributed by atoms with E-state index < -0.39 is 0 Å². The molecule has 0 saturated heterocycles. The van der Waals surface area contributed by atoms with Gasteiger partial charge in [-0.3, -0.25) is 4.79 Å². The van der Waals surface area contributed by atoms with Crippen molar-refractivity contribution < 1.29 is 9.21 Å². The smallest absolute Gasteiger partial charge is 0.257 e. The molecule has 0 spiro atoms. The lowest BCUT2D eigenvalue weighted by Crippen LogP contribution is -2.35. The number of nitrogens with two attached hydrogens (primary N) is 1. The van der Waals surface area contributed by atoms with Gasteiger partial charge >= 0.3 is 0 Å². The van der Waals surface area contributed by atoms with E-state index in [-0.39, 0.29) is 5.91 Å². The second-order valence-corrected chi connectivity index (χ2v) is 4.73. The summed E-state index contributed by atoms with van der Waals surface area (Å²) in [5, 5.41) is 0. The number of aryl methyl sites for hydroxylation is 1. The van der Waals surface area contributed by atoms with Crippen molar-refractivity contribution in [1.82, 2.24) is 4.90 Å². The Morgan fingerprint density at radius 3 is 2.71 bits per heavy atom. The molecule has 1 aromatic heterocycles. The minimum absolute atomic E-state index is 0.0315. The highest BCUT2D eigenvalue weighted by Crippen LogP contribution is 2.11. The van der Waals surface area contributed by atoms with Gasteiger partial charge in [0.25, 0.3) is 5.91 Å². The molecule has 4 nitrogen and oxygen atoms in total. The van der Waals surface area contributed by atoms with Crippen LogP contribution in [0.2, 0.25) is 0 Å². The van der Waals surface area contributed by atoms with Gasteiger partial charge in [-0.2, -0.15) is 0 Å². The predicted molar refractivity (Wildman–Crippen MR) is 67.9 cm³/mol. The first-order valence-electron chi connectivity index (χ1n) is 6.09. The lowest BCUT2D eigenvalue weighted by molar-refractivity contribution is 0.0734. The van der Waals surface area contributed by atoms with Crippen LogP contribution in [-0.4, -0.2) is 30.4 Å². The lowest BCUT2D eigenvalue weighted by atomic mass is 10.1. The zero-order chi connectivity index (χ0) is 12.8. The number of nitrogens with zero attached hydrogens (tertiary/aromatic N) is 1. The lowest BCUT2D eigenvalue weighted by Gasteiger charge is -2.23. The number of carbonyl (C=O) groups excluding carboxylic acids is 1. The van der Waals surface area contributed by atoms with Gasteiger partial charge in [0.05, 0.1) is 5.56 Å². The van der Waals surface area contributed by atoms with Crippen LogP contribution in [0.25, 0.3) is 0 Å². The van der Waals surface area contributed by atoms with Gasteiger partial charge in [-0.15, -0.1) is 0 Å². The molecular weight excluding hydrogens is 216 g/mol. The first kappa shape index (κ1) is 13.8. The van der Waals surface area contributed by atoms with Crippen molar-refractivity contribution in [1.29, 1.82) is 0 Å². The van der Waals surface area contributed by atoms with Crippen molar-refractivity contribution in [3.05, 3.63) is 23.7 Å². The fourth-order valence-corrected chi connectivity index (χ4v) is 1.74. The molecule has 17 heavy (non-hydrogen) atoms. The van der Waals surface area contributed by atoms with E-state index in [4.69, 9.17) is 10.2 Å². The van der Waals surface area contributed by atoms with E-state index >= 15 is 0 Å². The molecule has 0 aromatic carbocycles. The number of carbonyl (C=O) groups is 1. The summed E-state index contributed by atoms with van der Waals surface area (Å²) >= 11 is 0. The first-order chi connectivity index (χ1) is 8.04. The third kappa shape index (κ3) is 4.23. The van der Waals surface area contributed by atoms with Crippen LogP contribution in [0.5, 0.6) is 0 Å². The van der Waals surface area contributed by atoms with Gasteiger partial charge in [-0.1, -0.05) is 13.8 Å². The Morgan fingerprint density at radius 1 is 1.53 bits per heavy atom. The van der Waals surface area contributed by atoms with Gasteiger partial charge in [0.1, 0.15) is 12.0 Å². The number of hydrogen-bond acceptors (Lipinski definition) is 3. The minimum atomic E-state index is 0.0315. The monoisotopic (exact) mass is 238 g/mol. The van der Waals surface area contributed by atoms with Crippen LogP contribution >= 0.6 is 0 Å². The van der Waals surface area contributed by atoms with Crippen LogP contribution < -0.4 is 5.73 Å². The second kappa shape index (κ2) is 6.45. The Kier molecular flexibility index (Phi) is 5.22. The second-order valence-electron chi connectivity index (χ2n) is 4.73. The van der Waals surface area contributed by atoms with Crippen LogP contribution in [0, 0.1) is 12.8 Å². The van der Waals surface area contributed by atoms with Crippen molar-refractivity contribution >= 4 is 5.91 Å². The Labute approximate surface area is 103 Å². The van der Waals surface area contributed by atoms with Gasteiger partial charge in [0.15, 0.2) is 0 Å². The van der Waals surface area contributed by atoms with Gasteiger partial charge in [0, 0.05) is 13.1 Å². The summed E-state index contributed by atoms with van der Waals surface area (Å²) in [6.45, 7) is 8.10. The van der Waals surface area contributed by atoms with Crippen molar-refractivity contribution in [3.63, 3.8) is 0 Å². The Balaban J connectivity index is 2.71. The molecule has 0 aliphatic carbocycles. The van der Waals surface area contributed by atoms with E-state index in [0.717, 1.165) is 18.7 Å². The van der Waals surface area contributed by atoms with Crippen LogP contribution in [0.1, 0.15) is 36.4 Å². The van der Waals surface area contributed by atoms with Gasteiger partial charge in [0.2, 0.25) is 0 Å². The molecule has 0 aliphatic heterocycles. The van der Waals surface area contributed by atoms with E-state index in [1.807, 2.05) is 11.8 Å². The number of hydrogen-bond donors (Lipinski definition) is 1. The average molecular weight is 238 g/mol. The zero-order valence-electron chi connectivity index (χ0n) is 10.9. The maximum absolute atomic E-state index is 12.2. The maximum atomic E-state index is 12.2. The van der Waals surface area contributed by atoms with Crippen LogP contribution in [0.15, 0.2) is 16.7 Å². The highest BCUT2D eigenvalue weighted by atomic mass is 16.3. The van der Waals surface area contributed by atoms with Gasteiger partial charge in [-0.05, 0) is 31.9 Å². The Morgan fingerprint density at radius 2 is 2.24 bits per heavy atom. The van der Waals surface area contributed by atoms with Gasteiger partial charge < -0.3 is 15.1 Å². The molecule has 1 rings (SSSR count). The summed E-state index contributed by atoms with van der Waals surface area (Å²) in [4.78, 5) is 14.1. The molecule has 1 heterocycles. The Bertz CT molecular complexity index is 358. The number of furan rings is 1. The standard InChI is InChI=1S/C13H22N2O2/c1-10(2)8-15(6-4-5-14)13(16)12-7-11(3)17-9-12/h7,9-10H,4-6,8,14H2,1-3H3. The van der Waals surface area contributed by atoms with Gasteiger partial charge in [-0.25, -0.2) is 0 Å². The van der Waals surface area contributed by atoms with Crippen molar-refractivity contribution in [2.45, 2.75) is 27.2 Å². The molecule has 2 N–H and O–H groups in total. The highest BCUT2D eigenvalue weighted by molar-refractivity contribution is 5.94. The number of amides is 1. The van der Waals surface area contributed by atoms with E-state index in [2.05, 4.69) is 13.8 Å². The predicted octanol–water partition coefficient (Wildman–Crippen LogP) is 2.04. The molecule has 0 radical (unpaired) electrons. The zero-order valence-corrected chi connectivity index (χ0v) is 10.9. The van der Waals surface area contributed by atoms with E-state index in [0.29, 0.717) is 24.6 Å². The third-order valence-corrected chi connectivity index (χ3v) is 2.48. The van der Waals surface area contributed by atoms with Crippen molar-refractivity contribution in [3.8, 4) is 0 Å². The molecule has 0 unspecified atom stereocenters. The van der Waals surface area contributed by atoms with Crippen LogP contribution in [0.4, 0.5) is 0 Å². The third-order valence-electron chi connectivity index (χ3n) is 2.48. The first-order valence-corrected chi connectivity index (χ1v) is 6.09. The van der Waals surface area contributed by atoms with Crippen LogP contribution in [0.3, 0.4) is 0 Å². The highest BCUT2D eigenvalue weighted by Gasteiger charge is 2.17. The molecule has 0 saturated carbocycles. The molecule has 1 aromatic rings. The largest absolute Gasteiger partial charge is 0.469 e. The van der Waals surface area contributed by atoms with Crippen LogP contribution in [-0.2, 0) is 0 Å². The van der Waals surface area contributed by atoms with Crippen molar-refractivity contribution in [2.75, 3.05) is 19.6 Å².